The zero-order valence-corrected chi connectivity index (χ0v) is 39.4. The van der Waals surface area contributed by atoms with Crippen LogP contribution in [0.2, 0.25) is 0 Å². The summed E-state index contributed by atoms with van der Waals surface area (Å²) in [5.41, 5.74) is 13.4. The lowest BCUT2D eigenvalue weighted by molar-refractivity contribution is 0.432. The number of anilines is 4. The third-order valence-corrected chi connectivity index (χ3v) is 13.0. The summed E-state index contributed by atoms with van der Waals surface area (Å²) in [7, 11) is 0. The maximum Gasteiger partial charge on any atom is 0.141 e. The summed E-state index contributed by atoms with van der Waals surface area (Å²) < 4.78 is 16.0. The quantitative estimate of drug-likeness (QED) is 0.144. The van der Waals surface area contributed by atoms with E-state index < -0.39 is 0 Å². The molecule has 68 heavy (non-hydrogen) atoms. The fourth-order valence-electron chi connectivity index (χ4n) is 9.81. The zero-order chi connectivity index (χ0) is 46.6. The molecule has 0 atom stereocenters. The fraction of sp³-hybridized carbons (Fsp3) is 0.145. The number of ether oxygens (including phenoxy) is 2. The number of benzene rings is 8. The Morgan fingerprint density at radius 3 is 1.68 bits per heavy atom. The van der Waals surface area contributed by atoms with Gasteiger partial charge in [-0.3, -0.25) is 4.57 Å². The third-order valence-electron chi connectivity index (χ3n) is 13.0. The molecule has 1 aliphatic rings. The van der Waals surface area contributed by atoms with E-state index >= 15 is 0 Å². The van der Waals surface area contributed by atoms with Crippen molar-refractivity contribution in [1.82, 2.24) is 9.55 Å². The number of fused-ring (bicyclic) bond motifs is 4. The molecule has 0 saturated heterocycles. The van der Waals surface area contributed by atoms with Gasteiger partial charge in [-0.05, 0) is 70.5 Å². The van der Waals surface area contributed by atoms with E-state index in [0.29, 0.717) is 6.67 Å². The van der Waals surface area contributed by atoms with Crippen LogP contribution in [0.5, 0.6) is 23.0 Å². The average molecular weight is 887 g/mol. The van der Waals surface area contributed by atoms with Crippen LogP contribution in [0.25, 0.3) is 49.9 Å². The molecule has 6 heteroatoms. The van der Waals surface area contributed by atoms with Gasteiger partial charge in [0.1, 0.15) is 35.5 Å². The number of nitrogens with zero attached hydrogens (tertiary/aromatic N) is 4. The predicted octanol–water partition coefficient (Wildman–Crippen LogP) is 16.9. The van der Waals surface area contributed by atoms with Crippen LogP contribution in [-0.2, 0) is 10.8 Å². The summed E-state index contributed by atoms with van der Waals surface area (Å²) in [5.74, 6) is 3.88. The molecule has 0 unspecified atom stereocenters. The van der Waals surface area contributed by atoms with Crippen molar-refractivity contribution < 1.29 is 9.47 Å². The van der Waals surface area contributed by atoms with Gasteiger partial charge in [0, 0.05) is 63.1 Å². The van der Waals surface area contributed by atoms with Crippen molar-refractivity contribution in [3.8, 4) is 51.1 Å². The van der Waals surface area contributed by atoms with Gasteiger partial charge in [-0.25, -0.2) is 4.98 Å². The number of hydrogen-bond acceptors (Lipinski definition) is 5. The van der Waals surface area contributed by atoms with Crippen LogP contribution < -0.4 is 19.3 Å². The second-order valence-electron chi connectivity index (χ2n) is 19.7. The lowest BCUT2D eigenvalue weighted by Gasteiger charge is -2.29. The standard InChI is InChI=1S/C62H54N4O2/c1-61(2,3)52-29-19-30-53(62(4,5)6)60(52)68-47-36-37-63-58(40-47)66-54-31-14-13-26-50(54)51-35-34-46(39-57(51)66)67-45-25-17-24-44(38-45)64-41-65(56-33-16-15-32-55(56)64)59-48(42-20-9-7-10-21-42)27-18-28-49(59)43-22-11-8-12-23-43/h7-40H,41H2,1-6H3. The Balaban J connectivity index is 0.949. The Bertz CT molecular complexity index is 3380. The van der Waals surface area contributed by atoms with Crippen molar-refractivity contribution in [2.24, 2.45) is 0 Å². The molecule has 2 aromatic heterocycles. The Morgan fingerprint density at radius 2 is 1.00 bits per heavy atom. The molecule has 0 N–H and O–H groups in total. The average Bonchev–Trinajstić information content (AvgIpc) is 3.90. The van der Waals surface area contributed by atoms with E-state index in [1.54, 1.807) is 0 Å². The predicted molar refractivity (Wildman–Crippen MR) is 282 cm³/mol. The largest absolute Gasteiger partial charge is 0.457 e. The molecule has 0 aliphatic carbocycles. The molecule has 334 valence electrons. The molecule has 0 saturated carbocycles. The van der Waals surface area contributed by atoms with Crippen molar-refractivity contribution in [3.05, 3.63) is 218 Å². The second kappa shape index (κ2) is 17.0. The van der Waals surface area contributed by atoms with Gasteiger partial charge in [-0.1, -0.05) is 175 Å². The van der Waals surface area contributed by atoms with Gasteiger partial charge < -0.3 is 19.3 Å². The molecule has 3 heterocycles. The number of hydrogen-bond donors (Lipinski definition) is 0. The summed E-state index contributed by atoms with van der Waals surface area (Å²) in [4.78, 5) is 9.80. The molecular formula is C62H54N4O2. The van der Waals surface area contributed by atoms with E-state index in [-0.39, 0.29) is 10.8 Å². The highest BCUT2D eigenvalue weighted by Crippen LogP contribution is 2.50. The van der Waals surface area contributed by atoms with Crippen LogP contribution in [0.1, 0.15) is 52.7 Å². The first kappa shape index (κ1) is 42.5. The van der Waals surface area contributed by atoms with Crippen LogP contribution in [-0.4, -0.2) is 16.2 Å². The monoisotopic (exact) mass is 886 g/mol. The topological polar surface area (TPSA) is 42.8 Å². The molecule has 0 bridgehead atoms. The molecule has 0 radical (unpaired) electrons. The van der Waals surface area contributed by atoms with E-state index in [0.717, 1.165) is 67.7 Å². The summed E-state index contributed by atoms with van der Waals surface area (Å²) in [6.45, 7) is 14.0. The number of aromatic nitrogens is 2. The smallest absolute Gasteiger partial charge is 0.141 e. The van der Waals surface area contributed by atoms with Crippen LogP contribution in [0.4, 0.5) is 22.7 Å². The maximum atomic E-state index is 6.93. The molecule has 0 spiro atoms. The van der Waals surface area contributed by atoms with Gasteiger partial charge >= 0.3 is 0 Å². The molecule has 11 rings (SSSR count). The van der Waals surface area contributed by atoms with Gasteiger partial charge in [0.15, 0.2) is 0 Å². The molecule has 6 nitrogen and oxygen atoms in total. The Morgan fingerprint density at radius 1 is 0.441 bits per heavy atom. The maximum absolute atomic E-state index is 6.93. The normalized spacial score (nSPS) is 12.7. The van der Waals surface area contributed by atoms with E-state index in [1.807, 2.05) is 24.4 Å². The lowest BCUT2D eigenvalue weighted by atomic mass is 9.79. The van der Waals surface area contributed by atoms with Crippen molar-refractivity contribution in [2.75, 3.05) is 16.5 Å². The first-order valence-corrected chi connectivity index (χ1v) is 23.5. The second-order valence-corrected chi connectivity index (χ2v) is 19.7. The SMILES string of the molecule is CC(C)(C)c1cccc(C(C)(C)C)c1Oc1ccnc(-n2c3ccccc3c3ccc(Oc4cccc(N5CN(c6c(-c7ccccc7)cccc6-c6ccccc6)c6ccccc65)c4)cc32)c1. The number of pyridine rings is 1. The molecule has 0 amide bonds. The van der Waals surface area contributed by atoms with E-state index in [4.69, 9.17) is 14.5 Å². The number of para-hydroxylation sites is 5. The first-order chi connectivity index (χ1) is 33.0. The van der Waals surface area contributed by atoms with Crippen molar-refractivity contribution in [1.29, 1.82) is 0 Å². The lowest BCUT2D eigenvalue weighted by Crippen LogP contribution is -2.24. The minimum atomic E-state index is -0.115. The van der Waals surface area contributed by atoms with Gasteiger partial charge in [0.05, 0.1) is 28.1 Å². The molecule has 1 aliphatic heterocycles. The minimum absolute atomic E-state index is 0.115. The van der Waals surface area contributed by atoms with Crippen molar-refractivity contribution >= 4 is 44.6 Å². The van der Waals surface area contributed by atoms with Gasteiger partial charge in [0.2, 0.25) is 0 Å². The summed E-state index contributed by atoms with van der Waals surface area (Å²) in [6, 6.07) is 70.5. The van der Waals surface area contributed by atoms with E-state index in [1.165, 1.54) is 39.1 Å². The molecular weight excluding hydrogens is 833 g/mol. The summed E-state index contributed by atoms with van der Waals surface area (Å²) in [5, 5.41) is 2.25. The summed E-state index contributed by atoms with van der Waals surface area (Å²) in [6.07, 6.45) is 1.84. The highest BCUT2D eigenvalue weighted by molar-refractivity contribution is 6.09. The molecule has 8 aromatic carbocycles. The van der Waals surface area contributed by atoms with E-state index in [9.17, 15) is 0 Å². The molecule has 10 aromatic rings. The fourth-order valence-corrected chi connectivity index (χ4v) is 9.81. The Hall–Kier alpha value is -8.09. The zero-order valence-electron chi connectivity index (χ0n) is 39.4. The van der Waals surface area contributed by atoms with Crippen molar-refractivity contribution in [2.45, 2.75) is 52.4 Å². The first-order valence-electron chi connectivity index (χ1n) is 23.5. The highest BCUT2D eigenvalue weighted by atomic mass is 16.5. The van der Waals surface area contributed by atoms with Crippen LogP contribution >= 0.6 is 0 Å². The van der Waals surface area contributed by atoms with Gasteiger partial charge in [-0.2, -0.15) is 0 Å². The minimum Gasteiger partial charge on any atom is -0.457 e. The third kappa shape index (κ3) is 7.82. The van der Waals surface area contributed by atoms with E-state index in [2.05, 4.69) is 238 Å². The highest BCUT2D eigenvalue weighted by Gasteiger charge is 2.32. The Labute approximate surface area is 399 Å². The number of rotatable bonds is 9. The van der Waals surface area contributed by atoms with Gasteiger partial charge in [0.25, 0.3) is 0 Å². The van der Waals surface area contributed by atoms with Crippen LogP contribution in [0.15, 0.2) is 206 Å². The summed E-state index contributed by atoms with van der Waals surface area (Å²) >= 11 is 0. The van der Waals surface area contributed by atoms with Crippen molar-refractivity contribution in [3.63, 3.8) is 0 Å². The van der Waals surface area contributed by atoms with Crippen LogP contribution in [0.3, 0.4) is 0 Å². The Kier molecular flexibility index (Phi) is 10.6. The van der Waals surface area contributed by atoms with Gasteiger partial charge in [-0.15, -0.1) is 0 Å². The molecule has 0 fully saturated rings. The van der Waals surface area contributed by atoms with Crippen LogP contribution in [0, 0.1) is 0 Å².